The van der Waals surface area contributed by atoms with E-state index < -0.39 is 17.2 Å². The van der Waals surface area contributed by atoms with Crippen molar-refractivity contribution in [2.75, 3.05) is 38.8 Å². The third-order valence-corrected chi connectivity index (χ3v) is 2.55. The van der Waals surface area contributed by atoms with Gasteiger partial charge in [0.05, 0.1) is 13.2 Å². The number of carbonyl (C=O) groups is 1. The Morgan fingerprint density at radius 3 is 2.71 bits per heavy atom. The van der Waals surface area contributed by atoms with Crippen LogP contribution in [0.15, 0.2) is 6.07 Å². The molecule has 10 heteroatoms. The molecule has 0 aliphatic rings. The van der Waals surface area contributed by atoms with Gasteiger partial charge in [-0.25, -0.2) is 9.97 Å². The van der Waals surface area contributed by atoms with E-state index in [1.165, 1.54) is 19.1 Å². The van der Waals surface area contributed by atoms with Gasteiger partial charge in [0.1, 0.15) is 5.82 Å². The summed E-state index contributed by atoms with van der Waals surface area (Å²) in [6, 6.07) is 0.730. The lowest BCUT2D eigenvalue weighted by Crippen LogP contribution is -2.37. The van der Waals surface area contributed by atoms with Gasteiger partial charge in [-0.2, -0.15) is 13.2 Å². The lowest BCUT2D eigenvalue weighted by Gasteiger charge is -2.18. The van der Waals surface area contributed by atoms with E-state index in [-0.39, 0.29) is 18.3 Å². The number of hydrogen-bond acceptors (Lipinski definition) is 5. The van der Waals surface area contributed by atoms with Crippen LogP contribution in [-0.4, -0.2) is 49.7 Å². The predicted molar refractivity (Wildman–Crippen MR) is 70.2 cm³/mol. The third kappa shape index (κ3) is 5.72. The molecular weight excluding hydrogens is 313 g/mol. The molecule has 6 nitrogen and oxygen atoms in total. The van der Waals surface area contributed by atoms with Crippen LogP contribution in [0.5, 0.6) is 0 Å². The van der Waals surface area contributed by atoms with Crippen molar-refractivity contribution in [1.29, 1.82) is 0 Å². The van der Waals surface area contributed by atoms with Crippen LogP contribution in [-0.2, 0) is 15.7 Å². The summed E-state index contributed by atoms with van der Waals surface area (Å²) in [6.45, 7) is 0.475. The number of likely N-dealkylation sites (N-methyl/N-ethyl adjacent to an activating group) is 1. The molecule has 1 N–H and O–H groups in total. The highest BCUT2D eigenvalue weighted by atomic mass is 35.5. The van der Waals surface area contributed by atoms with Crippen LogP contribution in [0.25, 0.3) is 0 Å². The molecule has 1 amide bonds. The molecule has 1 heterocycles. The van der Waals surface area contributed by atoms with Gasteiger partial charge in [-0.05, 0) is 11.6 Å². The van der Waals surface area contributed by atoms with E-state index in [0.29, 0.717) is 13.2 Å². The molecule has 1 aromatic heterocycles. The van der Waals surface area contributed by atoms with E-state index in [1.807, 2.05) is 0 Å². The number of halogens is 4. The van der Waals surface area contributed by atoms with Crippen molar-refractivity contribution in [2.45, 2.75) is 6.18 Å². The maximum atomic E-state index is 12.6. The summed E-state index contributed by atoms with van der Waals surface area (Å²) in [7, 11) is 2.91. The van der Waals surface area contributed by atoms with Gasteiger partial charge in [-0.15, -0.1) is 0 Å². The molecule has 0 aliphatic carbocycles. The maximum absolute atomic E-state index is 12.6. The summed E-state index contributed by atoms with van der Waals surface area (Å²) in [5.41, 5.74) is -1.16. The van der Waals surface area contributed by atoms with E-state index in [0.717, 1.165) is 6.07 Å². The van der Waals surface area contributed by atoms with Crippen LogP contribution in [0, 0.1) is 0 Å². The molecule has 1 rings (SSSR count). The average Bonchev–Trinajstić information content (AvgIpc) is 2.37. The lowest BCUT2D eigenvalue weighted by molar-refractivity contribution is -0.141. The second-order valence-corrected chi connectivity index (χ2v) is 4.42. The monoisotopic (exact) mass is 326 g/mol. The Morgan fingerprint density at radius 1 is 1.48 bits per heavy atom. The van der Waals surface area contributed by atoms with Crippen molar-refractivity contribution in [1.82, 2.24) is 15.3 Å². The summed E-state index contributed by atoms with van der Waals surface area (Å²) >= 11 is 5.47. The number of alkyl halides is 3. The zero-order valence-corrected chi connectivity index (χ0v) is 12.1. The Balaban J connectivity index is 2.76. The molecule has 0 unspecified atom stereocenters. The maximum Gasteiger partial charge on any atom is 0.433 e. The highest BCUT2D eigenvalue weighted by Crippen LogP contribution is 2.30. The van der Waals surface area contributed by atoms with Crippen LogP contribution in [0.2, 0.25) is 5.28 Å². The van der Waals surface area contributed by atoms with Crippen molar-refractivity contribution in [3.8, 4) is 0 Å². The van der Waals surface area contributed by atoms with Gasteiger partial charge in [-0.3, -0.25) is 4.79 Å². The van der Waals surface area contributed by atoms with Gasteiger partial charge in [-0.1, -0.05) is 0 Å². The van der Waals surface area contributed by atoms with Gasteiger partial charge in [0.2, 0.25) is 11.2 Å². The molecule has 21 heavy (non-hydrogen) atoms. The fourth-order valence-corrected chi connectivity index (χ4v) is 1.57. The van der Waals surface area contributed by atoms with E-state index >= 15 is 0 Å². The third-order valence-electron chi connectivity index (χ3n) is 2.38. The second kappa shape index (κ2) is 7.41. The first-order valence-corrected chi connectivity index (χ1v) is 6.20. The van der Waals surface area contributed by atoms with E-state index in [1.54, 1.807) is 0 Å². The van der Waals surface area contributed by atoms with Crippen molar-refractivity contribution in [3.05, 3.63) is 17.0 Å². The fourth-order valence-electron chi connectivity index (χ4n) is 1.39. The summed E-state index contributed by atoms with van der Waals surface area (Å²) in [6.07, 6.45) is -4.64. The number of anilines is 1. The summed E-state index contributed by atoms with van der Waals surface area (Å²) < 4.78 is 42.6. The summed E-state index contributed by atoms with van der Waals surface area (Å²) in [5.74, 6) is -0.470. The van der Waals surface area contributed by atoms with Crippen LogP contribution >= 0.6 is 11.6 Å². The first-order valence-electron chi connectivity index (χ1n) is 5.82. The zero-order chi connectivity index (χ0) is 16.0. The van der Waals surface area contributed by atoms with Gasteiger partial charge in [0, 0.05) is 26.8 Å². The molecule has 0 spiro atoms. The van der Waals surface area contributed by atoms with E-state index in [2.05, 4.69) is 15.3 Å². The molecule has 118 valence electrons. The number of aromatic nitrogens is 2. The number of rotatable bonds is 6. The van der Waals surface area contributed by atoms with Crippen LogP contribution < -0.4 is 10.2 Å². The van der Waals surface area contributed by atoms with Crippen LogP contribution in [0.4, 0.5) is 19.0 Å². The molecule has 0 aromatic carbocycles. The largest absolute Gasteiger partial charge is 0.433 e. The Morgan fingerprint density at radius 2 is 2.14 bits per heavy atom. The van der Waals surface area contributed by atoms with Crippen molar-refractivity contribution >= 4 is 23.3 Å². The van der Waals surface area contributed by atoms with Crippen molar-refractivity contribution in [3.63, 3.8) is 0 Å². The normalized spacial score (nSPS) is 11.3. The van der Waals surface area contributed by atoms with E-state index in [9.17, 15) is 18.0 Å². The SMILES string of the molecule is COCCNC(=O)CN(C)c1cc(C(F)(F)F)nc(Cl)n1. The Hall–Kier alpha value is -1.61. The minimum absolute atomic E-state index is 0.0933. The number of carbonyl (C=O) groups excluding carboxylic acids is 1. The molecular formula is C11H14ClF3N4O2. The summed E-state index contributed by atoms with van der Waals surface area (Å²) in [5, 5.41) is 2.00. The first kappa shape index (κ1) is 17.4. The number of amides is 1. The summed E-state index contributed by atoms with van der Waals surface area (Å²) in [4.78, 5) is 19.6. The highest BCUT2D eigenvalue weighted by molar-refractivity contribution is 6.28. The quantitative estimate of drug-likeness (QED) is 0.631. The highest BCUT2D eigenvalue weighted by Gasteiger charge is 2.34. The van der Waals surface area contributed by atoms with Crippen LogP contribution in [0.1, 0.15) is 5.69 Å². The van der Waals surface area contributed by atoms with Gasteiger partial charge in [0.25, 0.3) is 0 Å². The lowest BCUT2D eigenvalue weighted by atomic mass is 10.3. The number of methoxy groups -OCH3 is 1. The molecule has 0 atom stereocenters. The number of hydrogen-bond donors (Lipinski definition) is 1. The standard InChI is InChI=1S/C11H14ClF3N4O2/c1-19(6-9(20)16-3-4-21-2)8-5-7(11(13,14)15)17-10(12)18-8/h5H,3-4,6H2,1-2H3,(H,16,20). The minimum atomic E-state index is -4.64. The Labute approximate surface area is 124 Å². The van der Waals surface area contributed by atoms with Gasteiger partial charge >= 0.3 is 6.18 Å². The molecule has 0 saturated carbocycles. The molecule has 0 fully saturated rings. The number of nitrogens with zero attached hydrogens (tertiary/aromatic N) is 3. The van der Waals surface area contributed by atoms with Crippen LogP contribution in [0.3, 0.4) is 0 Å². The molecule has 0 radical (unpaired) electrons. The fraction of sp³-hybridized carbons (Fsp3) is 0.545. The Bertz CT molecular complexity index is 499. The number of nitrogens with one attached hydrogen (secondary N) is 1. The van der Waals surface area contributed by atoms with Crippen molar-refractivity contribution in [2.24, 2.45) is 0 Å². The predicted octanol–water partition coefficient (Wildman–Crippen LogP) is 1.35. The molecule has 0 aliphatic heterocycles. The van der Waals surface area contributed by atoms with E-state index in [4.69, 9.17) is 16.3 Å². The molecule has 0 bridgehead atoms. The molecule has 1 aromatic rings. The first-order chi connectivity index (χ1) is 9.74. The Kier molecular flexibility index (Phi) is 6.16. The molecule has 0 saturated heterocycles. The van der Waals surface area contributed by atoms with Gasteiger partial charge in [0.15, 0.2) is 5.69 Å². The minimum Gasteiger partial charge on any atom is -0.383 e. The van der Waals surface area contributed by atoms with Gasteiger partial charge < -0.3 is 15.0 Å². The average molecular weight is 327 g/mol. The zero-order valence-electron chi connectivity index (χ0n) is 11.4. The smallest absolute Gasteiger partial charge is 0.383 e. The number of ether oxygens (including phenoxy) is 1. The van der Waals surface area contributed by atoms with Crippen molar-refractivity contribution < 1.29 is 22.7 Å². The topological polar surface area (TPSA) is 67.3 Å². The second-order valence-electron chi connectivity index (χ2n) is 4.08.